The van der Waals surface area contributed by atoms with Crippen LogP contribution in [-0.4, -0.2) is 66.1 Å². The van der Waals surface area contributed by atoms with Crippen LogP contribution >= 0.6 is 0 Å². The van der Waals surface area contributed by atoms with Crippen molar-refractivity contribution in [3.05, 3.63) is 53.7 Å². The van der Waals surface area contributed by atoms with Crippen LogP contribution < -0.4 is 10.1 Å². The van der Waals surface area contributed by atoms with E-state index >= 15 is 0 Å². The molecule has 1 aliphatic heterocycles. The molecule has 4 rings (SSSR count). The third kappa shape index (κ3) is 6.25. The highest BCUT2D eigenvalue weighted by atomic mass is 32.2. The monoisotopic (exact) mass is 566 g/mol. The minimum absolute atomic E-state index is 0.00504. The van der Waals surface area contributed by atoms with Gasteiger partial charge in [-0.25, -0.2) is 13.4 Å². The zero-order valence-corrected chi connectivity index (χ0v) is 22.4. The smallest absolute Gasteiger partial charge is 0.413 e. The second-order valence-corrected chi connectivity index (χ2v) is 11.9. The first kappa shape index (κ1) is 28.6. The molecule has 2 N–H and O–H groups in total. The maximum Gasteiger partial charge on any atom is 0.413 e. The Kier molecular flexibility index (Phi) is 8.03. The average Bonchev–Trinajstić information content (AvgIpc) is 2.87. The number of sulfone groups is 1. The molecule has 39 heavy (non-hydrogen) atoms. The first-order valence-electron chi connectivity index (χ1n) is 12.2. The lowest BCUT2D eigenvalue weighted by atomic mass is 9.98. The molecule has 9 nitrogen and oxygen atoms in total. The molecule has 3 aromatic rings. The van der Waals surface area contributed by atoms with Crippen LogP contribution in [0.2, 0.25) is 0 Å². The molecule has 2 aromatic heterocycles. The molecule has 0 saturated carbocycles. The summed E-state index contributed by atoms with van der Waals surface area (Å²) in [5.74, 6) is -1.61. The van der Waals surface area contributed by atoms with Gasteiger partial charge in [-0.05, 0) is 43.5 Å². The van der Waals surface area contributed by atoms with E-state index in [-0.39, 0.29) is 29.9 Å². The average molecular weight is 567 g/mol. The number of hydrogen-bond acceptors (Lipinski definition) is 8. The number of anilines is 2. The molecule has 13 heteroatoms. The fourth-order valence-corrected chi connectivity index (χ4v) is 6.28. The van der Waals surface area contributed by atoms with Gasteiger partial charge in [0.25, 0.3) is 0 Å². The summed E-state index contributed by atoms with van der Waals surface area (Å²) in [6, 6.07) is 6.56. The first-order chi connectivity index (χ1) is 18.3. The Morgan fingerprint density at radius 1 is 1.15 bits per heavy atom. The van der Waals surface area contributed by atoms with Crippen LogP contribution in [0.1, 0.15) is 43.0 Å². The number of aliphatic hydroxyl groups excluding tert-OH is 1. The summed E-state index contributed by atoms with van der Waals surface area (Å²) >= 11 is 0. The maximum absolute atomic E-state index is 14.1. The van der Waals surface area contributed by atoms with Crippen LogP contribution in [-0.2, 0) is 14.6 Å². The van der Waals surface area contributed by atoms with Crippen molar-refractivity contribution in [2.45, 2.75) is 38.1 Å². The molecule has 0 spiro atoms. The standard InChI is InChI=1S/C26H29F3N4O5S/c1-15(34)22-20(14-30-19-8-9-21(38-3)32-23(19)22)31-18-6-4-16(5-7-18)24(26(27,28)29)33(2)25(35)17-10-12-39(36,37)13-11-17/h4-9,14-15,17,24,31,34H,10-13H2,1-3H3/t15?,24-/m0/s1. The van der Waals surface area contributed by atoms with E-state index in [0.717, 1.165) is 7.05 Å². The summed E-state index contributed by atoms with van der Waals surface area (Å²) in [6.07, 6.45) is -4.19. The van der Waals surface area contributed by atoms with E-state index in [9.17, 15) is 31.5 Å². The molecule has 3 heterocycles. The number of aliphatic hydroxyl groups is 1. The van der Waals surface area contributed by atoms with Crippen molar-refractivity contribution < 1.29 is 36.2 Å². The number of benzene rings is 1. The Labute approximate surface area is 223 Å². The molecule has 2 atom stereocenters. The van der Waals surface area contributed by atoms with Crippen molar-refractivity contribution in [3.63, 3.8) is 0 Å². The number of carbonyl (C=O) groups is 1. The summed E-state index contributed by atoms with van der Waals surface area (Å²) in [5.41, 5.74) is 2.08. The van der Waals surface area contributed by atoms with Gasteiger partial charge in [-0.1, -0.05) is 12.1 Å². The number of amides is 1. The van der Waals surface area contributed by atoms with Gasteiger partial charge in [0.1, 0.15) is 15.4 Å². The van der Waals surface area contributed by atoms with Crippen LogP contribution in [0.3, 0.4) is 0 Å². The molecule has 1 aliphatic rings. The van der Waals surface area contributed by atoms with E-state index in [2.05, 4.69) is 15.3 Å². The molecule has 1 aromatic carbocycles. The molecule has 1 fully saturated rings. The number of nitrogens with one attached hydrogen (secondary N) is 1. The quantitative estimate of drug-likeness (QED) is 0.434. The lowest BCUT2D eigenvalue weighted by molar-refractivity contribution is -0.190. The molecule has 1 amide bonds. The summed E-state index contributed by atoms with van der Waals surface area (Å²) in [6.45, 7) is 1.56. The number of methoxy groups -OCH3 is 1. The van der Waals surface area contributed by atoms with Crippen molar-refractivity contribution in [2.24, 2.45) is 5.92 Å². The highest BCUT2D eigenvalue weighted by molar-refractivity contribution is 7.91. The Hall–Kier alpha value is -3.45. The largest absolute Gasteiger partial charge is 0.481 e. The highest BCUT2D eigenvalue weighted by Gasteiger charge is 2.46. The Morgan fingerprint density at radius 2 is 1.79 bits per heavy atom. The van der Waals surface area contributed by atoms with E-state index in [1.807, 2.05) is 0 Å². The van der Waals surface area contributed by atoms with Crippen LogP contribution in [0, 0.1) is 5.92 Å². The van der Waals surface area contributed by atoms with Gasteiger partial charge >= 0.3 is 6.18 Å². The zero-order chi connectivity index (χ0) is 28.5. The molecular formula is C26H29F3N4O5S. The SMILES string of the molecule is COc1ccc2ncc(Nc3ccc([C@H](N(C)C(=O)C4CCS(=O)(=O)CC4)C(F)(F)F)cc3)c(C(C)O)c2n1. The number of alkyl halides is 3. The molecule has 210 valence electrons. The number of fused-ring (bicyclic) bond motifs is 1. The third-order valence-electron chi connectivity index (χ3n) is 6.81. The number of carbonyl (C=O) groups excluding carboxylic acids is 1. The van der Waals surface area contributed by atoms with Crippen molar-refractivity contribution in [2.75, 3.05) is 31.0 Å². The van der Waals surface area contributed by atoms with Gasteiger partial charge in [0.2, 0.25) is 11.8 Å². The second-order valence-electron chi connectivity index (χ2n) is 9.55. The van der Waals surface area contributed by atoms with E-state index in [4.69, 9.17) is 4.74 Å². The van der Waals surface area contributed by atoms with Crippen LogP contribution in [0.25, 0.3) is 11.0 Å². The van der Waals surface area contributed by atoms with Crippen LogP contribution in [0.4, 0.5) is 24.5 Å². The fourth-order valence-electron chi connectivity index (χ4n) is 4.79. The first-order valence-corrected chi connectivity index (χ1v) is 14.1. The van der Waals surface area contributed by atoms with E-state index in [1.165, 1.54) is 37.6 Å². The number of pyridine rings is 2. The molecule has 1 unspecified atom stereocenters. The zero-order valence-electron chi connectivity index (χ0n) is 21.6. The molecule has 0 radical (unpaired) electrons. The van der Waals surface area contributed by atoms with Crippen molar-refractivity contribution in [1.82, 2.24) is 14.9 Å². The summed E-state index contributed by atoms with van der Waals surface area (Å²) in [4.78, 5) is 22.3. The van der Waals surface area contributed by atoms with Crippen molar-refractivity contribution in [3.8, 4) is 5.88 Å². The maximum atomic E-state index is 14.1. The lowest BCUT2D eigenvalue weighted by Gasteiger charge is -2.34. The molecule has 0 bridgehead atoms. The molecule has 0 aliphatic carbocycles. The van der Waals surface area contributed by atoms with Crippen LogP contribution in [0.15, 0.2) is 42.6 Å². The molecule has 1 saturated heterocycles. The van der Waals surface area contributed by atoms with Crippen LogP contribution in [0.5, 0.6) is 5.88 Å². The van der Waals surface area contributed by atoms with E-state index in [1.54, 1.807) is 19.1 Å². The van der Waals surface area contributed by atoms with Gasteiger partial charge in [0, 0.05) is 30.3 Å². The third-order valence-corrected chi connectivity index (χ3v) is 8.52. The van der Waals surface area contributed by atoms with E-state index in [0.29, 0.717) is 38.8 Å². The highest BCUT2D eigenvalue weighted by Crippen LogP contribution is 2.39. The van der Waals surface area contributed by atoms with Crippen molar-refractivity contribution in [1.29, 1.82) is 0 Å². The second kappa shape index (κ2) is 11.0. The number of rotatable bonds is 7. The molecular weight excluding hydrogens is 537 g/mol. The summed E-state index contributed by atoms with van der Waals surface area (Å²) < 4.78 is 71.0. The van der Waals surface area contributed by atoms with Crippen molar-refractivity contribution >= 4 is 38.2 Å². The Balaban J connectivity index is 1.60. The normalized spacial score (nSPS) is 17.4. The number of hydrogen-bond donors (Lipinski definition) is 2. The minimum atomic E-state index is -4.76. The summed E-state index contributed by atoms with van der Waals surface area (Å²) in [7, 11) is -0.707. The summed E-state index contributed by atoms with van der Waals surface area (Å²) in [5, 5.41) is 13.5. The lowest BCUT2D eigenvalue weighted by Crippen LogP contribution is -2.44. The number of ether oxygens (including phenoxy) is 1. The topological polar surface area (TPSA) is 122 Å². The predicted octanol–water partition coefficient (Wildman–Crippen LogP) is 4.32. The fraction of sp³-hybridized carbons (Fsp3) is 0.423. The van der Waals surface area contributed by atoms with E-state index < -0.39 is 40.0 Å². The number of halogens is 3. The number of nitrogens with zero attached hydrogens (tertiary/aromatic N) is 3. The van der Waals surface area contributed by atoms with Gasteiger partial charge in [-0.3, -0.25) is 9.78 Å². The Bertz CT molecular complexity index is 1450. The van der Waals surface area contributed by atoms with Gasteiger partial charge in [-0.15, -0.1) is 0 Å². The number of aromatic nitrogens is 2. The Morgan fingerprint density at radius 3 is 2.36 bits per heavy atom. The van der Waals surface area contributed by atoms with Gasteiger partial charge in [0.05, 0.1) is 42.1 Å². The van der Waals surface area contributed by atoms with Gasteiger partial charge < -0.3 is 20.1 Å². The minimum Gasteiger partial charge on any atom is -0.481 e. The predicted molar refractivity (Wildman–Crippen MR) is 139 cm³/mol. The van der Waals surface area contributed by atoms with Gasteiger partial charge in [0.15, 0.2) is 6.04 Å². The van der Waals surface area contributed by atoms with Gasteiger partial charge in [-0.2, -0.15) is 13.2 Å².